The number of H-pyrrole nitrogens is 1. The number of aromatic amines is 1. The number of fused-ring (bicyclic) bond motifs is 1. The van der Waals surface area contributed by atoms with Gasteiger partial charge in [-0.1, -0.05) is 31.4 Å². The molecule has 2 heterocycles. The Kier molecular flexibility index (Phi) is 7.48. The van der Waals surface area contributed by atoms with E-state index in [0.717, 1.165) is 67.7 Å². The Morgan fingerprint density at radius 1 is 1.16 bits per heavy atom. The van der Waals surface area contributed by atoms with Crippen molar-refractivity contribution in [3.8, 4) is 0 Å². The van der Waals surface area contributed by atoms with E-state index in [4.69, 9.17) is 4.74 Å². The lowest BCUT2D eigenvalue weighted by Gasteiger charge is -2.32. The number of carbonyl (C=O) groups excluding carboxylic acids is 1. The van der Waals surface area contributed by atoms with Crippen LogP contribution in [0.1, 0.15) is 48.8 Å². The van der Waals surface area contributed by atoms with Gasteiger partial charge in [0.05, 0.1) is 25.3 Å². The molecular weight excluding hydrogens is 404 g/mol. The Morgan fingerprint density at radius 2 is 1.88 bits per heavy atom. The van der Waals surface area contributed by atoms with E-state index < -0.39 is 0 Å². The number of hydrogen-bond donors (Lipinski definition) is 2. The van der Waals surface area contributed by atoms with Gasteiger partial charge in [-0.2, -0.15) is 0 Å². The predicted molar refractivity (Wildman–Crippen MR) is 127 cm³/mol. The highest BCUT2D eigenvalue weighted by atomic mass is 16.5. The standard InChI is InChI=1S/C25H36N4O3/c1-18-8-9-19(2)23-22(18)16-20(24(30)27-23)17-29(11-10-28-12-14-32-15-13-28)25(31)26-21-6-4-3-5-7-21/h8-9,16,21H,3-7,10-15,17H2,1-2H3,(H,26,31)(H,27,30). The Balaban J connectivity index is 1.54. The zero-order chi connectivity index (χ0) is 22.5. The van der Waals surface area contributed by atoms with E-state index in [-0.39, 0.29) is 17.6 Å². The van der Waals surface area contributed by atoms with E-state index in [1.165, 1.54) is 19.3 Å². The van der Waals surface area contributed by atoms with Gasteiger partial charge in [-0.25, -0.2) is 4.79 Å². The van der Waals surface area contributed by atoms with Crippen LogP contribution in [0.2, 0.25) is 0 Å². The highest BCUT2D eigenvalue weighted by Gasteiger charge is 2.22. The predicted octanol–water partition coefficient (Wildman–Crippen LogP) is 3.32. The lowest BCUT2D eigenvalue weighted by atomic mass is 9.96. The van der Waals surface area contributed by atoms with Crippen molar-refractivity contribution in [1.82, 2.24) is 20.1 Å². The molecule has 2 fully saturated rings. The lowest BCUT2D eigenvalue weighted by Crippen LogP contribution is -2.49. The summed E-state index contributed by atoms with van der Waals surface area (Å²) in [6, 6.07) is 6.24. The Hall–Kier alpha value is -2.38. The fourth-order valence-corrected chi connectivity index (χ4v) is 4.79. The van der Waals surface area contributed by atoms with Crippen molar-refractivity contribution >= 4 is 16.9 Å². The maximum Gasteiger partial charge on any atom is 0.317 e. The number of benzene rings is 1. The number of aromatic nitrogens is 1. The maximum absolute atomic E-state index is 13.2. The Bertz CT molecular complexity index is 991. The largest absolute Gasteiger partial charge is 0.379 e. The van der Waals surface area contributed by atoms with Crippen LogP contribution in [0.4, 0.5) is 4.79 Å². The number of pyridine rings is 1. The molecule has 2 aromatic rings. The monoisotopic (exact) mass is 440 g/mol. The zero-order valence-electron chi connectivity index (χ0n) is 19.4. The van der Waals surface area contributed by atoms with Gasteiger partial charge in [-0.05, 0) is 43.9 Å². The van der Waals surface area contributed by atoms with Crippen LogP contribution in [-0.2, 0) is 11.3 Å². The third-order valence-corrected chi connectivity index (χ3v) is 6.89. The summed E-state index contributed by atoms with van der Waals surface area (Å²) < 4.78 is 5.45. The van der Waals surface area contributed by atoms with Gasteiger partial charge in [0.15, 0.2) is 0 Å². The fraction of sp³-hybridized carbons (Fsp3) is 0.600. The van der Waals surface area contributed by atoms with E-state index in [2.05, 4.69) is 28.2 Å². The first kappa shape index (κ1) is 22.8. The number of carbonyl (C=O) groups is 1. The molecule has 1 aliphatic heterocycles. The third-order valence-electron chi connectivity index (χ3n) is 6.89. The fourth-order valence-electron chi connectivity index (χ4n) is 4.79. The second-order valence-electron chi connectivity index (χ2n) is 9.27. The number of morpholine rings is 1. The van der Waals surface area contributed by atoms with E-state index >= 15 is 0 Å². The van der Waals surface area contributed by atoms with E-state index in [1.807, 2.05) is 24.0 Å². The van der Waals surface area contributed by atoms with Crippen molar-refractivity contribution in [2.75, 3.05) is 39.4 Å². The van der Waals surface area contributed by atoms with Gasteiger partial charge in [-0.15, -0.1) is 0 Å². The summed E-state index contributed by atoms with van der Waals surface area (Å²) in [7, 11) is 0. The van der Waals surface area contributed by atoms with Gasteiger partial charge in [0, 0.05) is 43.2 Å². The molecule has 0 spiro atoms. The molecular formula is C25H36N4O3. The number of aryl methyl sites for hydroxylation is 2. The highest BCUT2D eigenvalue weighted by molar-refractivity contribution is 5.85. The molecule has 2 N–H and O–H groups in total. The molecule has 1 aromatic heterocycles. The zero-order valence-corrected chi connectivity index (χ0v) is 19.4. The average molecular weight is 441 g/mol. The minimum Gasteiger partial charge on any atom is -0.379 e. The van der Waals surface area contributed by atoms with Gasteiger partial charge in [0.2, 0.25) is 0 Å². The van der Waals surface area contributed by atoms with Gasteiger partial charge < -0.3 is 19.9 Å². The lowest BCUT2D eigenvalue weighted by molar-refractivity contribution is 0.0345. The maximum atomic E-state index is 13.2. The molecule has 7 nitrogen and oxygen atoms in total. The highest BCUT2D eigenvalue weighted by Crippen LogP contribution is 2.21. The number of amides is 2. The van der Waals surface area contributed by atoms with Crippen LogP contribution in [-0.4, -0.2) is 66.2 Å². The second kappa shape index (κ2) is 10.5. The second-order valence-corrected chi connectivity index (χ2v) is 9.27. The summed E-state index contributed by atoms with van der Waals surface area (Å²) in [5.74, 6) is 0. The minimum atomic E-state index is -0.118. The quantitative estimate of drug-likeness (QED) is 0.722. The number of rotatable bonds is 6. The van der Waals surface area contributed by atoms with E-state index in [0.29, 0.717) is 18.7 Å². The molecule has 0 bridgehead atoms. The van der Waals surface area contributed by atoms with Gasteiger partial charge in [0.25, 0.3) is 5.56 Å². The molecule has 0 radical (unpaired) electrons. The topological polar surface area (TPSA) is 77.7 Å². The smallest absolute Gasteiger partial charge is 0.317 e. The van der Waals surface area contributed by atoms with Crippen molar-refractivity contribution in [1.29, 1.82) is 0 Å². The SMILES string of the molecule is Cc1ccc(C)c2[nH]c(=O)c(CN(CCN3CCOCC3)C(=O)NC3CCCCC3)cc12. The molecule has 2 aliphatic rings. The summed E-state index contributed by atoms with van der Waals surface area (Å²) in [6.07, 6.45) is 5.66. The van der Waals surface area contributed by atoms with Crippen molar-refractivity contribution in [2.45, 2.75) is 58.5 Å². The van der Waals surface area contributed by atoms with Crippen molar-refractivity contribution in [2.24, 2.45) is 0 Å². The first-order valence-corrected chi connectivity index (χ1v) is 12.0. The molecule has 174 valence electrons. The third kappa shape index (κ3) is 5.51. The van der Waals surface area contributed by atoms with Crippen molar-refractivity contribution in [3.63, 3.8) is 0 Å². The summed E-state index contributed by atoms with van der Waals surface area (Å²) in [5, 5.41) is 4.28. The van der Waals surface area contributed by atoms with Crippen LogP contribution in [0.15, 0.2) is 23.0 Å². The summed E-state index contributed by atoms with van der Waals surface area (Å²) in [4.78, 5) is 33.3. The molecule has 0 atom stereocenters. The summed E-state index contributed by atoms with van der Waals surface area (Å²) in [5.41, 5.74) is 3.56. The normalized spacial score (nSPS) is 18.1. The van der Waals surface area contributed by atoms with Crippen molar-refractivity contribution < 1.29 is 9.53 Å². The molecule has 4 rings (SSSR count). The van der Waals surface area contributed by atoms with Crippen LogP contribution in [0, 0.1) is 13.8 Å². The summed E-state index contributed by atoms with van der Waals surface area (Å²) >= 11 is 0. The summed E-state index contributed by atoms with van der Waals surface area (Å²) in [6.45, 7) is 8.96. The first-order chi connectivity index (χ1) is 15.5. The molecule has 1 saturated carbocycles. The molecule has 1 aromatic carbocycles. The number of ether oxygens (including phenoxy) is 1. The number of nitrogens with zero attached hydrogens (tertiary/aromatic N) is 2. The van der Waals surface area contributed by atoms with Gasteiger partial charge in [-0.3, -0.25) is 9.69 Å². The first-order valence-electron chi connectivity index (χ1n) is 12.0. The number of hydrogen-bond acceptors (Lipinski definition) is 4. The molecule has 32 heavy (non-hydrogen) atoms. The molecule has 7 heteroatoms. The van der Waals surface area contributed by atoms with Crippen LogP contribution in [0.5, 0.6) is 0 Å². The molecule has 1 saturated heterocycles. The van der Waals surface area contributed by atoms with E-state index in [9.17, 15) is 9.59 Å². The van der Waals surface area contributed by atoms with Crippen LogP contribution in [0.3, 0.4) is 0 Å². The minimum absolute atomic E-state index is 0.0642. The molecule has 0 unspecified atom stereocenters. The van der Waals surface area contributed by atoms with Gasteiger partial charge >= 0.3 is 6.03 Å². The van der Waals surface area contributed by atoms with Crippen molar-refractivity contribution in [3.05, 3.63) is 45.2 Å². The molecule has 1 aliphatic carbocycles. The van der Waals surface area contributed by atoms with Crippen LogP contribution < -0.4 is 10.9 Å². The van der Waals surface area contributed by atoms with E-state index in [1.54, 1.807) is 0 Å². The Labute approximate surface area is 190 Å². The van der Waals surface area contributed by atoms with Crippen LogP contribution >= 0.6 is 0 Å². The number of nitrogens with one attached hydrogen (secondary N) is 2. The molecule has 2 amide bonds. The van der Waals surface area contributed by atoms with Crippen LogP contribution in [0.25, 0.3) is 10.9 Å². The average Bonchev–Trinajstić information content (AvgIpc) is 2.81. The van der Waals surface area contributed by atoms with Gasteiger partial charge in [0.1, 0.15) is 0 Å². The number of urea groups is 1. The Morgan fingerprint density at radius 3 is 2.62 bits per heavy atom.